The molecule has 0 aromatic rings. The summed E-state index contributed by atoms with van der Waals surface area (Å²) in [7, 11) is 0. The van der Waals surface area contributed by atoms with E-state index in [4.69, 9.17) is 0 Å². The van der Waals surface area contributed by atoms with E-state index in [0.29, 0.717) is 11.6 Å². The Hall–Kier alpha value is -0.0400. The highest BCUT2D eigenvalue weighted by atomic mass is 15.0. The molecule has 1 atom stereocenters. The first-order valence-corrected chi connectivity index (χ1v) is 7.81. The third kappa shape index (κ3) is 9.64. The van der Waals surface area contributed by atoms with Gasteiger partial charge >= 0.3 is 0 Å². The molecule has 104 valence electrons. The third-order valence-electron chi connectivity index (χ3n) is 3.55. The molecule has 0 aromatic heterocycles. The van der Waals surface area contributed by atoms with E-state index in [1.54, 1.807) is 0 Å². The third-order valence-corrected chi connectivity index (χ3v) is 3.55. The van der Waals surface area contributed by atoms with Gasteiger partial charge in [0, 0.05) is 11.6 Å². The lowest BCUT2D eigenvalue weighted by Gasteiger charge is -2.33. The van der Waals surface area contributed by atoms with Crippen LogP contribution in [-0.4, -0.2) is 11.6 Å². The summed E-state index contributed by atoms with van der Waals surface area (Å²) in [6.07, 6.45) is 12.3. The zero-order valence-electron chi connectivity index (χ0n) is 12.9. The van der Waals surface area contributed by atoms with E-state index in [0.717, 1.165) is 0 Å². The van der Waals surface area contributed by atoms with Crippen LogP contribution in [0.15, 0.2) is 0 Å². The van der Waals surface area contributed by atoms with Gasteiger partial charge in [0.15, 0.2) is 0 Å². The predicted molar refractivity (Wildman–Crippen MR) is 79.6 cm³/mol. The van der Waals surface area contributed by atoms with E-state index in [-0.39, 0.29) is 0 Å². The normalized spacial score (nSPS) is 15.2. The molecule has 0 aliphatic rings. The van der Waals surface area contributed by atoms with Crippen molar-refractivity contribution in [1.82, 2.24) is 5.32 Å². The summed E-state index contributed by atoms with van der Waals surface area (Å²) in [6.45, 7) is 11.5. The van der Waals surface area contributed by atoms with E-state index >= 15 is 0 Å². The van der Waals surface area contributed by atoms with Gasteiger partial charge in [-0.2, -0.15) is 0 Å². The van der Waals surface area contributed by atoms with Gasteiger partial charge in [-0.25, -0.2) is 0 Å². The summed E-state index contributed by atoms with van der Waals surface area (Å²) in [4.78, 5) is 0. The fraction of sp³-hybridized carbons (Fsp3) is 1.00. The van der Waals surface area contributed by atoms with Crippen molar-refractivity contribution < 1.29 is 0 Å². The van der Waals surface area contributed by atoms with Crippen LogP contribution >= 0.6 is 0 Å². The molecule has 1 N–H and O–H groups in total. The fourth-order valence-corrected chi connectivity index (χ4v) is 2.67. The van der Waals surface area contributed by atoms with Crippen molar-refractivity contribution in [3.8, 4) is 0 Å². The minimum atomic E-state index is 0.372. The average Bonchev–Trinajstić information content (AvgIpc) is 2.24. The Morgan fingerprint density at radius 2 is 1.29 bits per heavy atom. The number of hydrogen-bond donors (Lipinski definition) is 1. The van der Waals surface area contributed by atoms with Crippen molar-refractivity contribution in [2.24, 2.45) is 0 Å². The zero-order chi connectivity index (χ0) is 13.1. The number of nitrogens with one attached hydrogen (secondary N) is 1. The quantitative estimate of drug-likeness (QED) is 0.484. The van der Waals surface area contributed by atoms with Crippen LogP contribution in [0.5, 0.6) is 0 Å². The summed E-state index contributed by atoms with van der Waals surface area (Å²) in [6, 6.07) is 0.604. The molecule has 0 fully saturated rings. The van der Waals surface area contributed by atoms with E-state index in [9.17, 15) is 0 Å². The molecule has 0 saturated heterocycles. The molecule has 0 heterocycles. The van der Waals surface area contributed by atoms with Crippen LogP contribution in [0.2, 0.25) is 0 Å². The monoisotopic (exact) mass is 241 g/mol. The smallest absolute Gasteiger partial charge is 0.0155 e. The van der Waals surface area contributed by atoms with Crippen LogP contribution in [0.25, 0.3) is 0 Å². The van der Waals surface area contributed by atoms with Crippen LogP contribution < -0.4 is 5.32 Å². The molecule has 0 radical (unpaired) electrons. The summed E-state index contributed by atoms with van der Waals surface area (Å²) in [5.74, 6) is 0. The van der Waals surface area contributed by atoms with Gasteiger partial charge in [-0.05, 0) is 19.8 Å². The Morgan fingerprint density at radius 1 is 0.824 bits per heavy atom. The fourth-order valence-electron chi connectivity index (χ4n) is 2.67. The Kier molecular flexibility index (Phi) is 9.91. The van der Waals surface area contributed by atoms with E-state index in [1.807, 2.05) is 0 Å². The second-order valence-electron chi connectivity index (χ2n) is 6.13. The second-order valence-corrected chi connectivity index (χ2v) is 6.13. The van der Waals surface area contributed by atoms with Gasteiger partial charge in [-0.15, -0.1) is 0 Å². The molecule has 0 bridgehead atoms. The average molecular weight is 241 g/mol. The molecule has 1 unspecified atom stereocenters. The van der Waals surface area contributed by atoms with Gasteiger partial charge in [-0.3, -0.25) is 0 Å². The Bertz CT molecular complexity index is 165. The van der Waals surface area contributed by atoms with Gasteiger partial charge in [0.25, 0.3) is 0 Å². The Balaban J connectivity index is 3.99. The zero-order valence-corrected chi connectivity index (χ0v) is 12.9. The number of rotatable bonds is 11. The molecule has 1 heteroatoms. The molecular formula is C16H35N. The van der Waals surface area contributed by atoms with Crippen molar-refractivity contribution in [2.45, 2.75) is 104 Å². The maximum absolute atomic E-state index is 3.79. The number of unbranched alkanes of at least 4 members (excludes halogenated alkanes) is 5. The standard InChI is InChI=1S/C16H35N/c1-6-8-10-12-14-16(5,17-15(3)4)13-11-9-7-2/h15,17H,6-14H2,1-5H3. The summed E-state index contributed by atoms with van der Waals surface area (Å²) in [5.41, 5.74) is 0.372. The summed E-state index contributed by atoms with van der Waals surface area (Å²) in [5, 5.41) is 3.79. The lowest BCUT2D eigenvalue weighted by molar-refractivity contribution is 0.268. The van der Waals surface area contributed by atoms with Crippen LogP contribution in [0.4, 0.5) is 0 Å². The lowest BCUT2D eigenvalue weighted by atomic mass is 9.87. The number of hydrogen-bond acceptors (Lipinski definition) is 1. The molecule has 0 aliphatic carbocycles. The van der Waals surface area contributed by atoms with Crippen molar-refractivity contribution in [1.29, 1.82) is 0 Å². The van der Waals surface area contributed by atoms with Gasteiger partial charge in [0.2, 0.25) is 0 Å². The highest BCUT2D eigenvalue weighted by Gasteiger charge is 2.23. The highest BCUT2D eigenvalue weighted by molar-refractivity contribution is 4.84. The van der Waals surface area contributed by atoms with Crippen LogP contribution in [0.1, 0.15) is 92.4 Å². The highest BCUT2D eigenvalue weighted by Crippen LogP contribution is 2.23. The largest absolute Gasteiger partial charge is 0.309 e. The van der Waals surface area contributed by atoms with Crippen LogP contribution in [0.3, 0.4) is 0 Å². The molecule has 0 aromatic carbocycles. The van der Waals surface area contributed by atoms with Crippen LogP contribution in [-0.2, 0) is 0 Å². The van der Waals surface area contributed by atoms with Gasteiger partial charge in [0.1, 0.15) is 0 Å². The van der Waals surface area contributed by atoms with Crippen molar-refractivity contribution in [3.63, 3.8) is 0 Å². The van der Waals surface area contributed by atoms with E-state index in [2.05, 4.69) is 39.9 Å². The maximum atomic E-state index is 3.79. The molecule has 0 aliphatic heterocycles. The second kappa shape index (κ2) is 9.94. The Morgan fingerprint density at radius 3 is 1.76 bits per heavy atom. The molecule has 0 amide bonds. The van der Waals surface area contributed by atoms with Gasteiger partial charge in [0.05, 0.1) is 0 Å². The lowest BCUT2D eigenvalue weighted by Crippen LogP contribution is -2.46. The minimum absolute atomic E-state index is 0.372. The first kappa shape index (κ1) is 17.0. The summed E-state index contributed by atoms with van der Waals surface area (Å²) < 4.78 is 0. The van der Waals surface area contributed by atoms with E-state index < -0.39 is 0 Å². The summed E-state index contributed by atoms with van der Waals surface area (Å²) >= 11 is 0. The molecule has 0 saturated carbocycles. The van der Waals surface area contributed by atoms with Gasteiger partial charge in [-0.1, -0.05) is 72.6 Å². The minimum Gasteiger partial charge on any atom is -0.309 e. The predicted octanol–water partition coefficient (Wildman–Crippen LogP) is 5.29. The first-order chi connectivity index (χ1) is 8.04. The van der Waals surface area contributed by atoms with Gasteiger partial charge < -0.3 is 5.32 Å². The van der Waals surface area contributed by atoms with Crippen molar-refractivity contribution in [2.75, 3.05) is 0 Å². The topological polar surface area (TPSA) is 12.0 Å². The molecular weight excluding hydrogens is 206 g/mol. The first-order valence-electron chi connectivity index (χ1n) is 7.81. The van der Waals surface area contributed by atoms with E-state index in [1.165, 1.54) is 57.8 Å². The molecule has 1 nitrogen and oxygen atoms in total. The molecule has 0 spiro atoms. The SMILES string of the molecule is CCCCCCC(C)(CCCCC)NC(C)C. The molecule has 17 heavy (non-hydrogen) atoms. The van der Waals surface area contributed by atoms with Crippen molar-refractivity contribution in [3.05, 3.63) is 0 Å². The molecule has 0 rings (SSSR count). The Labute approximate surface area is 110 Å². The van der Waals surface area contributed by atoms with Crippen LogP contribution in [0, 0.1) is 0 Å². The van der Waals surface area contributed by atoms with Crippen molar-refractivity contribution >= 4 is 0 Å². The maximum Gasteiger partial charge on any atom is 0.0155 e.